The second-order valence-electron chi connectivity index (χ2n) is 4.13. The van der Waals surface area contributed by atoms with Crippen molar-refractivity contribution in [3.05, 3.63) is 16.0 Å². The second kappa shape index (κ2) is 4.92. The molecular weight excluding hydrogens is 254 g/mol. The number of anilines is 1. The molecule has 15 heavy (non-hydrogen) atoms. The second-order valence-corrected chi connectivity index (χ2v) is 4.92. The van der Waals surface area contributed by atoms with E-state index in [9.17, 15) is 0 Å². The highest BCUT2D eigenvalue weighted by atomic mass is 79.9. The van der Waals surface area contributed by atoms with Crippen LogP contribution in [0.15, 0.2) is 4.47 Å². The van der Waals surface area contributed by atoms with Gasteiger partial charge in [0.1, 0.15) is 11.6 Å². The first-order chi connectivity index (χ1) is 6.97. The highest BCUT2D eigenvalue weighted by molar-refractivity contribution is 9.10. The first-order valence-corrected chi connectivity index (χ1v) is 6.09. The monoisotopic (exact) mass is 271 g/mol. The summed E-state index contributed by atoms with van der Waals surface area (Å²) in [5.41, 5.74) is 6.85. The normalized spacial score (nSPS) is 13.2. The van der Waals surface area contributed by atoms with Crippen molar-refractivity contribution in [3.8, 4) is 0 Å². The predicted molar refractivity (Wildman–Crippen MR) is 66.9 cm³/mol. The summed E-state index contributed by atoms with van der Waals surface area (Å²) >= 11 is 3.44. The summed E-state index contributed by atoms with van der Waals surface area (Å²) in [6, 6.07) is 0. The molecule has 0 radical (unpaired) electrons. The Labute approximate surface area is 99.6 Å². The Kier molecular flexibility index (Phi) is 4.08. The van der Waals surface area contributed by atoms with Crippen LogP contribution in [0.2, 0.25) is 0 Å². The van der Waals surface area contributed by atoms with Gasteiger partial charge in [-0.3, -0.25) is 0 Å². The largest absolute Gasteiger partial charge is 0.383 e. The average molecular weight is 272 g/mol. The van der Waals surface area contributed by atoms with Gasteiger partial charge in [0, 0.05) is 5.92 Å². The molecule has 1 rings (SSSR count). The number of nitrogens with zero attached hydrogens (tertiary/aromatic N) is 2. The summed E-state index contributed by atoms with van der Waals surface area (Å²) in [6.07, 6.45) is 1.03. The zero-order valence-corrected chi connectivity index (χ0v) is 11.3. The number of nitrogen functional groups attached to an aromatic ring is 1. The van der Waals surface area contributed by atoms with E-state index in [0.29, 0.717) is 17.7 Å². The minimum absolute atomic E-state index is 0.354. The highest BCUT2D eigenvalue weighted by Crippen LogP contribution is 2.29. The van der Waals surface area contributed by atoms with Crippen LogP contribution >= 0.6 is 15.9 Å². The number of aromatic nitrogens is 2. The zero-order valence-electron chi connectivity index (χ0n) is 9.71. The lowest BCUT2D eigenvalue weighted by molar-refractivity contribution is 0.661. The van der Waals surface area contributed by atoms with E-state index < -0.39 is 0 Å². The van der Waals surface area contributed by atoms with Crippen LogP contribution in [0.1, 0.15) is 57.5 Å². The summed E-state index contributed by atoms with van der Waals surface area (Å²) in [7, 11) is 0. The maximum Gasteiger partial charge on any atom is 0.141 e. The van der Waals surface area contributed by atoms with E-state index in [2.05, 4.69) is 53.6 Å². The molecule has 1 aromatic heterocycles. The Morgan fingerprint density at radius 1 is 1.27 bits per heavy atom. The summed E-state index contributed by atoms with van der Waals surface area (Å²) in [6.45, 7) is 8.45. The SMILES string of the molecule is CCC(C)c1nc(N)c(Br)c(C(C)C)n1. The van der Waals surface area contributed by atoms with Crippen molar-refractivity contribution in [2.45, 2.75) is 46.0 Å². The average Bonchev–Trinajstić information content (AvgIpc) is 2.20. The molecule has 0 fully saturated rings. The minimum atomic E-state index is 0.354. The molecule has 0 amide bonds. The molecule has 4 heteroatoms. The van der Waals surface area contributed by atoms with Crippen molar-refractivity contribution in [2.24, 2.45) is 0 Å². The van der Waals surface area contributed by atoms with Crippen LogP contribution in [0.3, 0.4) is 0 Å². The van der Waals surface area contributed by atoms with Gasteiger partial charge in [-0.25, -0.2) is 9.97 Å². The van der Waals surface area contributed by atoms with Crippen molar-refractivity contribution in [3.63, 3.8) is 0 Å². The van der Waals surface area contributed by atoms with Crippen LogP contribution in [-0.4, -0.2) is 9.97 Å². The predicted octanol–water partition coefficient (Wildman–Crippen LogP) is 3.46. The van der Waals surface area contributed by atoms with Crippen LogP contribution in [-0.2, 0) is 0 Å². The van der Waals surface area contributed by atoms with E-state index in [-0.39, 0.29) is 0 Å². The molecule has 0 aliphatic rings. The first-order valence-electron chi connectivity index (χ1n) is 5.30. The molecule has 2 N–H and O–H groups in total. The van der Waals surface area contributed by atoms with Gasteiger partial charge >= 0.3 is 0 Å². The molecule has 0 aliphatic heterocycles. The van der Waals surface area contributed by atoms with Gasteiger partial charge in [0.05, 0.1) is 10.2 Å². The number of halogens is 1. The standard InChI is InChI=1S/C11H18BrN3/c1-5-7(4)11-14-9(6(2)3)8(12)10(13)15-11/h6-7H,5H2,1-4H3,(H2,13,14,15). The zero-order chi connectivity index (χ0) is 11.6. The molecule has 0 spiro atoms. The minimum Gasteiger partial charge on any atom is -0.383 e. The van der Waals surface area contributed by atoms with Crippen LogP contribution in [0, 0.1) is 0 Å². The van der Waals surface area contributed by atoms with Gasteiger partial charge in [-0.05, 0) is 28.3 Å². The number of nitrogens with two attached hydrogens (primary N) is 1. The lowest BCUT2D eigenvalue weighted by Crippen LogP contribution is -2.08. The topological polar surface area (TPSA) is 51.8 Å². The van der Waals surface area contributed by atoms with Gasteiger partial charge in [0.2, 0.25) is 0 Å². The third-order valence-corrected chi connectivity index (χ3v) is 3.33. The molecular formula is C11H18BrN3. The van der Waals surface area contributed by atoms with Gasteiger partial charge in [-0.2, -0.15) is 0 Å². The molecule has 0 saturated carbocycles. The maximum atomic E-state index is 5.85. The van der Waals surface area contributed by atoms with E-state index >= 15 is 0 Å². The molecule has 0 aromatic carbocycles. The Bertz CT molecular complexity index is 350. The summed E-state index contributed by atoms with van der Waals surface area (Å²) in [5, 5.41) is 0. The maximum absolute atomic E-state index is 5.85. The van der Waals surface area contributed by atoms with Crippen LogP contribution in [0.5, 0.6) is 0 Å². The Balaban J connectivity index is 3.23. The summed E-state index contributed by atoms with van der Waals surface area (Å²) in [4.78, 5) is 8.87. The van der Waals surface area contributed by atoms with Gasteiger partial charge in [0.15, 0.2) is 0 Å². The van der Waals surface area contributed by atoms with E-state index in [1.54, 1.807) is 0 Å². The lowest BCUT2D eigenvalue weighted by Gasteiger charge is -2.14. The fourth-order valence-electron chi connectivity index (χ4n) is 1.29. The van der Waals surface area contributed by atoms with E-state index in [1.807, 2.05) is 0 Å². The van der Waals surface area contributed by atoms with Gasteiger partial charge in [0.25, 0.3) is 0 Å². The summed E-state index contributed by atoms with van der Waals surface area (Å²) < 4.78 is 0.838. The van der Waals surface area contributed by atoms with Crippen molar-refractivity contribution >= 4 is 21.7 Å². The van der Waals surface area contributed by atoms with Gasteiger partial charge < -0.3 is 5.73 Å². The van der Waals surface area contributed by atoms with Crippen molar-refractivity contribution in [2.75, 3.05) is 5.73 Å². The molecule has 84 valence electrons. The van der Waals surface area contributed by atoms with E-state index in [0.717, 1.165) is 22.4 Å². The molecule has 1 aromatic rings. The number of hydrogen-bond acceptors (Lipinski definition) is 3. The first kappa shape index (κ1) is 12.4. The highest BCUT2D eigenvalue weighted by Gasteiger charge is 2.15. The third kappa shape index (κ3) is 2.68. The van der Waals surface area contributed by atoms with Crippen molar-refractivity contribution in [1.29, 1.82) is 0 Å². The van der Waals surface area contributed by atoms with Crippen LogP contribution in [0.25, 0.3) is 0 Å². The fraction of sp³-hybridized carbons (Fsp3) is 0.636. The molecule has 0 aliphatic carbocycles. The van der Waals surface area contributed by atoms with Gasteiger partial charge in [-0.1, -0.05) is 27.7 Å². The van der Waals surface area contributed by atoms with Crippen LogP contribution < -0.4 is 5.73 Å². The number of rotatable bonds is 3. The lowest BCUT2D eigenvalue weighted by atomic mass is 10.1. The van der Waals surface area contributed by atoms with E-state index in [4.69, 9.17) is 5.73 Å². The molecule has 0 saturated heterocycles. The van der Waals surface area contributed by atoms with E-state index in [1.165, 1.54) is 0 Å². The molecule has 1 heterocycles. The van der Waals surface area contributed by atoms with Crippen molar-refractivity contribution in [1.82, 2.24) is 9.97 Å². The van der Waals surface area contributed by atoms with Gasteiger partial charge in [-0.15, -0.1) is 0 Å². The molecule has 3 nitrogen and oxygen atoms in total. The molecule has 0 bridgehead atoms. The summed E-state index contributed by atoms with van der Waals surface area (Å²) in [5.74, 6) is 2.11. The Hall–Kier alpha value is -0.640. The Morgan fingerprint density at radius 2 is 1.87 bits per heavy atom. The molecule has 1 unspecified atom stereocenters. The van der Waals surface area contributed by atoms with Crippen molar-refractivity contribution < 1.29 is 0 Å². The Morgan fingerprint density at radius 3 is 2.33 bits per heavy atom. The van der Waals surface area contributed by atoms with Crippen LogP contribution in [0.4, 0.5) is 5.82 Å². The fourth-order valence-corrected chi connectivity index (χ4v) is 1.92. The quantitative estimate of drug-likeness (QED) is 0.916. The molecule has 1 atom stereocenters. The number of hydrogen-bond donors (Lipinski definition) is 1. The third-order valence-electron chi connectivity index (χ3n) is 2.52. The smallest absolute Gasteiger partial charge is 0.141 e.